The lowest BCUT2D eigenvalue weighted by Crippen LogP contribution is -2.37. The van der Waals surface area contributed by atoms with Crippen LogP contribution in [0.4, 0.5) is 0 Å². The standard InChI is InChI=1S/C21H24N3O5P/c1-13(25)18(29-30(2,26)27)11-22-12-28-21-15-8-4-6-10-17(15)23-19-14-7-3-5-9-16(14)24-20(19)21/h3-10,13,18,22,24-25H,11-12H2,1-2H3,(H,26,27). The fourth-order valence-electron chi connectivity index (χ4n) is 3.45. The van der Waals surface area contributed by atoms with Crippen LogP contribution in [0.2, 0.25) is 0 Å². The molecule has 0 saturated heterocycles. The monoisotopic (exact) mass is 429 g/mol. The van der Waals surface area contributed by atoms with Gasteiger partial charge in [-0.25, -0.2) is 4.98 Å². The minimum Gasteiger partial charge on any atom is -0.475 e. The summed E-state index contributed by atoms with van der Waals surface area (Å²) in [5, 5.41) is 14.7. The van der Waals surface area contributed by atoms with E-state index in [1.807, 2.05) is 48.5 Å². The third kappa shape index (κ3) is 4.33. The lowest BCUT2D eigenvalue weighted by Gasteiger charge is -2.22. The number of ether oxygens (including phenoxy) is 1. The predicted octanol–water partition coefficient (Wildman–Crippen LogP) is 3.38. The zero-order chi connectivity index (χ0) is 21.3. The highest BCUT2D eigenvalue weighted by Gasteiger charge is 2.23. The molecule has 4 aromatic rings. The first-order valence-corrected chi connectivity index (χ1v) is 11.7. The quantitative estimate of drug-likeness (QED) is 0.193. The van der Waals surface area contributed by atoms with Gasteiger partial charge in [-0.3, -0.25) is 9.88 Å². The molecule has 3 atom stereocenters. The van der Waals surface area contributed by atoms with E-state index < -0.39 is 19.8 Å². The molecule has 0 spiro atoms. The van der Waals surface area contributed by atoms with E-state index in [0.29, 0.717) is 5.75 Å². The van der Waals surface area contributed by atoms with Gasteiger partial charge in [0.2, 0.25) is 0 Å². The number of nitrogens with zero attached hydrogens (tertiary/aromatic N) is 1. The van der Waals surface area contributed by atoms with Gasteiger partial charge in [0, 0.05) is 29.5 Å². The number of H-pyrrole nitrogens is 1. The number of aromatic amines is 1. The highest BCUT2D eigenvalue weighted by atomic mass is 31.2. The van der Waals surface area contributed by atoms with Gasteiger partial charge in [-0.2, -0.15) is 0 Å². The molecule has 0 amide bonds. The van der Waals surface area contributed by atoms with Crippen molar-refractivity contribution in [2.24, 2.45) is 0 Å². The Kier molecular flexibility index (Phi) is 5.77. The Labute approximate surface area is 173 Å². The third-order valence-electron chi connectivity index (χ3n) is 4.82. The van der Waals surface area contributed by atoms with E-state index in [4.69, 9.17) is 14.2 Å². The second-order valence-corrected chi connectivity index (χ2v) is 9.10. The SMILES string of the molecule is CC(O)C(CNCOc1c2ccccc2nc2c1[nH]c1ccccc12)OP(C)(=O)O. The highest BCUT2D eigenvalue weighted by Crippen LogP contribution is 2.39. The lowest BCUT2D eigenvalue weighted by molar-refractivity contribution is 0.0393. The van der Waals surface area contributed by atoms with Crippen molar-refractivity contribution in [3.05, 3.63) is 48.5 Å². The summed E-state index contributed by atoms with van der Waals surface area (Å²) in [6.07, 6.45) is -1.75. The molecule has 3 unspecified atom stereocenters. The zero-order valence-electron chi connectivity index (χ0n) is 16.7. The fraction of sp³-hybridized carbons (Fsp3) is 0.286. The van der Waals surface area contributed by atoms with Gasteiger partial charge < -0.3 is 24.2 Å². The lowest BCUT2D eigenvalue weighted by atomic mass is 10.1. The summed E-state index contributed by atoms with van der Waals surface area (Å²) in [7, 11) is -3.72. The molecule has 30 heavy (non-hydrogen) atoms. The average Bonchev–Trinajstić information content (AvgIpc) is 3.07. The van der Waals surface area contributed by atoms with Crippen molar-refractivity contribution in [2.75, 3.05) is 19.9 Å². The number of aromatic nitrogens is 2. The number of pyridine rings is 1. The maximum absolute atomic E-state index is 11.5. The Hall–Kier alpha value is -2.48. The molecule has 0 fully saturated rings. The van der Waals surface area contributed by atoms with Crippen molar-refractivity contribution < 1.29 is 23.8 Å². The molecular formula is C21H24N3O5P. The topological polar surface area (TPSA) is 117 Å². The predicted molar refractivity (Wildman–Crippen MR) is 117 cm³/mol. The van der Waals surface area contributed by atoms with Crippen molar-refractivity contribution in [3.8, 4) is 5.75 Å². The summed E-state index contributed by atoms with van der Waals surface area (Å²) in [6.45, 7) is 2.86. The number of aliphatic hydroxyl groups is 1. The number of aliphatic hydroxyl groups excluding tert-OH is 1. The number of hydrogen-bond acceptors (Lipinski definition) is 6. The van der Waals surface area contributed by atoms with E-state index in [9.17, 15) is 14.6 Å². The number of benzene rings is 2. The van der Waals surface area contributed by atoms with E-state index in [1.165, 1.54) is 6.92 Å². The Morgan fingerprint density at radius 3 is 2.60 bits per heavy atom. The molecule has 0 radical (unpaired) electrons. The normalized spacial score (nSPS) is 16.0. The van der Waals surface area contributed by atoms with Gasteiger partial charge in [0.25, 0.3) is 0 Å². The summed E-state index contributed by atoms with van der Waals surface area (Å²) < 4.78 is 22.6. The second kappa shape index (κ2) is 8.34. The molecule has 4 rings (SSSR count). The van der Waals surface area contributed by atoms with Crippen LogP contribution in [-0.4, -0.2) is 52.1 Å². The maximum Gasteiger partial charge on any atom is 0.325 e. The van der Waals surface area contributed by atoms with Crippen molar-refractivity contribution >= 4 is 40.4 Å². The smallest absolute Gasteiger partial charge is 0.325 e. The molecule has 0 aliphatic heterocycles. The van der Waals surface area contributed by atoms with Gasteiger partial charge in [-0.1, -0.05) is 30.3 Å². The first kappa shape index (κ1) is 20.8. The zero-order valence-corrected chi connectivity index (χ0v) is 17.6. The molecule has 0 bridgehead atoms. The molecule has 0 saturated carbocycles. The largest absolute Gasteiger partial charge is 0.475 e. The molecule has 2 aromatic heterocycles. The molecule has 2 heterocycles. The summed E-state index contributed by atoms with van der Waals surface area (Å²) in [5.74, 6) is 0.664. The van der Waals surface area contributed by atoms with Gasteiger partial charge in [0.05, 0.1) is 11.6 Å². The number of rotatable bonds is 8. The van der Waals surface area contributed by atoms with Gasteiger partial charge in [0.15, 0.2) is 5.75 Å². The van der Waals surface area contributed by atoms with Gasteiger partial charge in [0.1, 0.15) is 23.9 Å². The summed E-state index contributed by atoms with van der Waals surface area (Å²) >= 11 is 0. The molecule has 0 aliphatic rings. The van der Waals surface area contributed by atoms with Crippen molar-refractivity contribution in [1.82, 2.24) is 15.3 Å². The Morgan fingerprint density at radius 2 is 1.87 bits per heavy atom. The number of para-hydroxylation sites is 2. The molecule has 9 heteroatoms. The van der Waals surface area contributed by atoms with Gasteiger partial charge in [-0.15, -0.1) is 0 Å². The van der Waals surface area contributed by atoms with E-state index >= 15 is 0 Å². The van der Waals surface area contributed by atoms with E-state index in [2.05, 4.69) is 10.3 Å². The Morgan fingerprint density at radius 1 is 1.17 bits per heavy atom. The molecule has 158 valence electrons. The van der Waals surface area contributed by atoms with Gasteiger partial charge in [-0.05, 0) is 25.1 Å². The van der Waals surface area contributed by atoms with Crippen LogP contribution in [0.3, 0.4) is 0 Å². The Balaban J connectivity index is 1.60. The van der Waals surface area contributed by atoms with Crippen LogP contribution in [-0.2, 0) is 9.09 Å². The van der Waals surface area contributed by atoms with E-state index in [0.717, 1.165) is 39.5 Å². The number of fused-ring (bicyclic) bond motifs is 4. The van der Waals surface area contributed by atoms with Crippen LogP contribution in [0.15, 0.2) is 48.5 Å². The highest BCUT2D eigenvalue weighted by molar-refractivity contribution is 7.51. The van der Waals surface area contributed by atoms with Crippen molar-refractivity contribution in [2.45, 2.75) is 19.1 Å². The van der Waals surface area contributed by atoms with E-state index in [1.54, 1.807) is 0 Å². The van der Waals surface area contributed by atoms with Crippen LogP contribution in [0.5, 0.6) is 5.75 Å². The van der Waals surface area contributed by atoms with Crippen LogP contribution in [0, 0.1) is 0 Å². The van der Waals surface area contributed by atoms with Gasteiger partial charge >= 0.3 is 7.60 Å². The summed E-state index contributed by atoms with van der Waals surface area (Å²) in [5.41, 5.74) is 3.42. The average molecular weight is 429 g/mol. The molecule has 4 N–H and O–H groups in total. The summed E-state index contributed by atoms with van der Waals surface area (Å²) in [4.78, 5) is 17.6. The first-order valence-electron chi connectivity index (χ1n) is 9.63. The molecule has 0 aliphatic carbocycles. The number of nitrogens with one attached hydrogen (secondary N) is 2. The van der Waals surface area contributed by atoms with Crippen LogP contribution in [0.25, 0.3) is 32.8 Å². The van der Waals surface area contributed by atoms with Crippen LogP contribution < -0.4 is 10.1 Å². The minimum absolute atomic E-state index is 0.116. The van der Waals surface area contributed by atoms with Crippen LogP contribution in [0.1, 0.15) is 6.92 Å². The number of hydrogen-bond donors (Lipinski definition) is 4. The van der Waals surface area contributed by atoms with Crippen molar-refractivity contribution in [3.63, 3.8) is 0 Å². The maximum atomic E-state index is 11.5. The van der Waals surface area contributed by atoms with E-state index in [-0.39, 0.29) is 13.3 Å². The summed E-state index contributed by atoms with van der Waals surface area (Å²) in [6, 6.07) is 15.7. The first-order chi connectivity index (χ1) is 14.3. The minimum atomic E-state index is -3.72. The molecule has 8 nitrogen and oxygen atoms in total. The third-order valence-corrected chi connectivity index (χ3v) is 5.48. The Bertz CT molecular complexity index is 1230. The van der Waals surface area contributed by atoms with Crippen molar-refractivity contribution in [1.29, 1.82) is 0 Å². The fourth-order valence-corrected chi connectivity index (χ4v) is 4.20. The molecular weight excluding hydrogens is 405 g/mol. The second-order valence-electron chi connectivity index (χ2n) is 7.28. The van der Waals surface area contributed by atoms with Crippen LogP contribution >= 0.6 is 7.60 Å². The molecule has 2 aromatic carbocycles.